The highest BCUT2D eigenvalue weighted by Gasteiger charge is 2.32. The molecule has 1 aromatic carbocycles. The van der Waals surface area contributed by atoms with E-state index in [1.165, 1.54) is 11.1 Å². The van der Waals surface area contributed by atoms with Gasteiger partial charge in [0.2, 0.25) is 11.8 Å². The summed E-state index contributed by atoms with van der Waals surface area (Å²) in [6, 6.07) is 8.24. The highest BCUT2D eigenvalue weighted by atomic mass is 16.2. The van der Waals surface area contributed by atoms with Crippen LogP contribution in [0, 0.1) is 0 Å². The lowest BCUT2D eigenvalue weighted by Gasteiger charge is -2.37. The lowest BCUT2D eigenvalue weighted by molar-refractivity contribution is -0.125. The first-order valence-electron chi connectivity index (χ1n) is 7.29. The average Bonchev–Trinajstić information content (AvgIpc) is 2.48. The predicted octanol–water partition coefficient (Wildman–Crippen LogP) is 0.990. The maximum absolute atomic E-state index is 11.9. The van der Waals surface area contributed by atoms with E-state index in [-0.39, 0.29) is 36.4 Å². The molecule has 2 amide bonds. The number of carbonyl (C=O) groups excluding carboxylic acids is 2. The Morgan fingerprint density at radius 3 is 2.71 bits per heavy atom. The van der Waals surface area contributed by atoms with Crippen LogP contribution >= 0.6 is 0 Å². The van der Waals surface area contributed by atoms with E-state index in [9.17, 15) is 9.59 Å². The molecule has 1 atom stereocenters. The van der Waals surface area contributed by atoms with Gasteiger partial charge in [0.1, 0.15) is 0 Å². The van der Waals surface area contributed by atoms with E-state index in [0.717, 1.165) is 12.8 Å². The molecule has 1 unspecified atom stereocenters. The van der Waals surface area contributed by atoms with Gasteiger partial charge >= 0.3 is 0 Å². The number of carbonyl (C=O) groups is 2. The Morgan fingerprint density at radius 2 is 2.00 bits per heavy atom. The zero-order chi connectivity index (χ0) is 15.5. The van der Waals surface area contributed by atoms with E-state index in [1.807, 2.05) is 12.1 Å². The summed E-state index contributed by atoms with van der Waals surface area (Å²) in [5.74, 6) is -0.508. The summed E-state index contributed by atoms with van der Waals surface area (Å²) in [6.45, 7) is 4.32. The van der Waals surface area contributed by atoms with Crippen LogP contribution in [-0.4, -0.2) is 24.9 Å². The molecule has 4 N–H and O–H groups in total. The number of nitrogens with one attached hydrogen (secondary N) is 2. The van der Waals surface area contributed by atoms with Crippen LogP contribution in [0.15, 0.2) is 24.3 Å². The molecule has 0 bridgehead atoms. The first-order valence-corrected chi connectivity index (χ1v) is 7.29. The van der Waals surface area contributed by atoms with E-state index in [2.05, 4.69) is 36.6 Å². The molecule has 5 nitrogen and oxygen atoms in total. The number of hydrogen-bond donors (Lipinski definition) is 3. The summed E-state index contributed by atoms with van der Waals surface area (Å²) in [4.78, 5) is 23.0. The molecule has 0 heterocycles. The fourth-order valence-electron chi connectivity index (χ4n) is 2.86. The van der Waals surface area contributed by atoms with Crippen molar-refractivity contribution >= 4 is 11.8 Å². The molecule has 0 aliphatic heterocycles. The second kappa shape index (κ2) is 6.26. The fraction of sp³-hybridized carbons (Fsp3) is 0.500. The second-order valence-electron chi connectivity index (χ2n) is 6.11. The van der Waals surface area contributed by atoms with Crippen LogP contribution in [0.2, 0.25) is 0 Å². The largest absolute Gasteiger partial charge is 0.348 e. The maximum atomic E-state index is 11.9. The molecular formula is C16H23N3O2. The van der Waals surface area contributed by atoms with Crippen LogP contribution in [-0.2, 0) is 15.0 Å². The molecule has 114 valence electrons. The Bertz CT molecular complexity index is 540. The number of rotatable bonds is 4. The van der Waals surface area contributed by atoms with Gasteiger partial charge in [-0.15, -0.1) is 0 Å². The van der Waals surface area contributed by atoms with Crippen molar-refractivity contribution in [2.75, 3.05) is 13.1 Å². The first kappa shape index (κ1) is 15.5. The zero-order valence-corrected chi connectivity index (χ0v) is 12.6. The fourth-order valence-corrected chi connectivity index (χ4v) is 2.86. The molecule has 1 aromatic rings. The lowest BCUT2D eigenvalue weighted by atomic mass is 9.71. The number of benzene rings is 1. The van der Waals surface area contributed by atoms with E-state index in [0.29, 0.717) is 0 Å². The normalized spacial score (nSPS) is 19.5. The molecule has 0 aromatic heterocycles. The van der Waals surface area contributed by atoms with Crippen molar-refractivity contribution in [2.24, 2.45) is 5.73 Å². The molecule has 0 saturated carbocycles. The minimum Gasteiger partial charge on any atom is -0.348 e. The molecule has 5 heteroatoms. The van der Waals surface area contributed by atoms with Crippen molar-refractivity contribution < 1.29 is 9.59 Å². The first-order chi connectivity index (χ1) is 9.94. The minimum atomic E-state index is -0.324. The van der Waals surface area contributed by atoms with Crippen molar-refractivity contribution in [3.8, 4) is 0 Å². The summed E-state index contributed by atoms with van der Waals surface area (Å²) in [7, 11) is 0. The Hall–Kier alpha value is -1.88. The van der Waals surface area contributed by atoms with Gasteiger partial charge in [0.25, 0.3) is 0 Å². The highest BCUT2D eigenvalue weighted by molar-refractivity contribution is 5.85. The van der Waals surface area contributed by atoms with E-state index < -0.39 is 0 Å². The smallest absolute Gasteiger partial charge is 0.239 e. The third kappa shape index (κ3) is 3.61. The third-order valence-electron chi connectivity index (χ3n) is 4.09. The van der Waals surface area contributed by atoms with Crippen LogP contribution in [0.3, 0.4) is 0 Å². The summed E-state index contributed by atoms with van der Waals surface area (Å²) in [5.41, 5.74) is 7.78. The summed E-state index contributed by atoms with van der Waals surface area (Å²) >= 11 is 0. The standard InChI is InChI=1S/C16H23N3O2/c1-16(2)8-7-13(11-5-3-4-6-12(11)16)19-15(21)10-18-14(20)9-17/h3-6,13H,7-10,17H2,1-2H3,(H,18,20)(H,19,21). The lowest BCUT2D eigenvalue weighted by Crippen LogP contribution is -2.42. The van der Waals surface area contributed by atoms with Gasteiger partial charge in [0.05, 0.1) is 19.1 Å². The number of fused-ring (bicyclic) bond motifs is 1. The van der Waals surface area contributed by atoms with Crippen LogP contribution in [0.25, 0.3) is 0 Å². The van der Waals surface area contributed by atoms with Gasteiger partial charge in [-0.05, 0) is 29.4 Å². The summed E-state index contributed by atoms with van der Waals surface area (Å²) in [6.07, 6.45) is 1.92. The summed E-state index contributed by atoms with van der Waals surface area (Å²) in [5, 5.41) is 5.48. The van der Waals surface area contributed by atoms with Crippen LogP contribution < -0.4 is 16.4 Å². The van der Waals surface area contributed by atoms with Gasteiger partial charge < -0.3 is 16.4 Å². The maximum Gasteiger partial charge on any atom is 0.239 e. The Balaban J connectivity index is 2.05. The molecule has 0 fully saturated rings. The SMILES string of the molecule is CC1(C)CCC(NC(=O)CNC(=O)CN)c2ccccc21. The zero-order valence-electron chi connectivity index (χ0n) is 12.6. The van der Waals surface area contributed by atoms with Crippen LogP contribution in [0.4, 0.5) is 0 Å². The minimum absolute atomic E-state index is 0.0107. The Labute approximate surface area is 125 Å². The van der Waals surface area contributed by atoms with Crippen LogP contribution in [0.1, 0.15) is 43.9 Å². The Kier molecular flexibility index (Phi) is 4.63. The summed E-state index contributed by atoms with van der Waals surface area (Å²) < 4.78 is 0. The van der Waals surface area contributed by atoms with Gasteiger partial charge in [-0.3, -0.25) is 9.59 Å². The third-order valence-corrected chi connectivity index (χ3v) is 4.09. The molecule has 1 aliphatic carbocycles. The van der Waals surface area contributed by atoms with E-state index in [1.54, 1.807) is 0 Å². The van der Waals surface area contributed by atoms with Crippen molar-refractivity contribution in [1.82, 2.24) is 10.6 Å². The molecule has 0 radical (unpaired) electrons. The topological polar surface area (TPSA) is 84.2 Å². The number of hydrogen-bond acceptors (Lipinski definition) is 3. The van der Waals surface area contributed by atoms with Gasteiger partial charge in [0, 0.05) is 0 Å². The predicted molar refractivity (Wildman–Crippen MR) is 81.6 cm³/mol. The van der Waals surface area contributed by atoms with Gasteiger partial charge in [0.15, 0.2) is 0 Å². The quantitative estimate of drug-likeness (QED) is 0.773. The van der Waals surface area contributed by atoms with Crippen molar-refractivity contribution in [3.05, 3.63) is 35.4 Å². The van der Waals surface area contributed by atoms with Gasteiger partial charge in [-0.2, -0.15) is 0 Å². The van der Waals surface area contributed by atoms with Crippen LogP contribution in [0.5, 0.6) is 0 Å². The van der Waals surface area contributed by atoms with E-state index in [4.69, 9.17) is 5.73 Å². The molecule has 1 aliphatic rings. The molecule has 2 rings (SSSR count). The average molecular weight is 289 g/mol. The number of nitrogens with two attached hydrogens (primary N) is 1. The molecule has 0 spiro atoms. The van der Waals surface area contributed by atoms with Crippen molar-refractivity contribution in [1.29, 1.82) is 0 Å². The highest BCUT2D eigenvalue weighted by Crippen LogP contribution is 2.41. The molecular weight excluding hydrogens is 266 g/mol. The van der Waals surface area contributed by atoms with Crippen molar-refractivity contribution in [2.45, 2.75) is 38.1 Å². The molecule has 0 saturated heterocycles. The number of amides is 2. The Morgan fingerprint density at radius 1 is 1.29 bits per heavy atom. The van der Waals surface area contributed by atoms with Crippen molar-refractivity contribution in [3.63, 3.8) is 0 Å². The monoisotopic (exact) mass is 289 g/mol. The van der Waals surface area contributed by atoms with Gasteiger partial charge in [-0.25, -0.2) is 0 Å². The van der Waals surface area contributed by atoms with E-state index >= 15 is 0 Å². The second-order valence-corrected chi connectivity index (χ2v) is 6.11. The molecule has 21 heavy (non-hydrogen) atoms. The van der Waals surface area contributed by atoms with Gasteiger partial charge in [-0.1, -0.05) is 38.1 Å².